The van der Waals surface area contributed by atoms with Crippen molar-refractivity contribution in [3.8, 4) is 11.8 Å². The summed E-state index contributed by atoms with van der Waals surface area (Å²) < 4.78 is 13.6. The number of rotatable bonds is 3. The fourth-order valence-electron chi connectivity index (χ4n) is 1.78. The van der Waals surface area contributed by atoms with Gasteiger partial charge in [-0.3, -0.25) is 0 Å². The third-order valence-corrected chi connectivity index (χ3v) is 2.93. The number of nitrogens with one attached hydrogen (secondary N) is 1. The van der Waals surface area contributed by atoms with Crippen molar-refractivity contribution in [2.75, 3.05) is 5.32 Å². The predicted octanol–water partition coefficient (Wildman–Crippen LogP) is 3.32. The van der Waals surface area contributed by atoms with E-state index in [2.05, 4.69) is 5.32 Å². The van der Waals surface area contributed by atoms with E-state index >= 15 is 0 Å². The fourth-order valence-corrected chi connectivity index (χ4v) is 1.78. The van der Waals surface area contributed by atoms with Crippen molar-refractivity contribution in [3.63, 3.8) is 0 Å². The van der Waals surface area contributed by atoms with E-state index in [1.165, 1.54) is 6.07 Å². The number of benzene rings is 2. The average Bonchev–Trinajstić information content (AvgIpc) is 2.42. The van der Waals surface area contributed by atoms with Gasteiger partial charge in [0.15, 0.2) is 0 Å². The number of anilines is 1. The van der Waals surface area contributed by atoms with Crippen LogP contribution in [0, 0.1) is 24.1 Å². The van der Waals surface area contributed by atoms with E-state index in [4.69, 9.17) is 5.26 Å². The lowest BCUT2D eigenvalue weighted by Gasteiger charge is -2.11. The Kier molecular flexibility index (Phi) is 3.67. The summed E-state index contributed by atoms with van der Waals surface area (Å²) in [4.78, 5) is 0. The number of phenolic OH excluding ortho intramolecular Hbond substituents is 1. The first kappa shape index (κ1) is 12.9. The summed E-state index contributed by atoms with van der Waals surface area (Å²) in [6.45, 7) is 2.01. The molecule has 0 amide bonds. The number of phenols is 1. The van der Waals surface area contributed by atoms with Crippen LogP contribution in [0.5, 0.6) is 5.75 Å². The first-order valence-electron chi connectivity index (χ1n) is 5.83. The summed E-state index contributed by atoms with van der Waals surface area (Å²) in [6.07, 6.45) is 0. The molecule has 3 nitrogen and oxygen atoms in total. The van der Waals surface area contributed by atoms with E-state index < -0.39 is 5.82 Å². The molecule has 0 aliphatic carbocycles. The van der Waals surface area contributed by atoms with E-state index in [1.54, 1.807) is 31.2 Å². The van der Waals surface area contributed by atoms with Gasteiger partial charge in [0.2, 0.25) is 0 Å². The van der Waals surface area contributed by atoms with Gasteiger partial charge in [-0.1, -0.05) is 18.2 Å². The second kappa shape index (κ2) is 5.40. The number of nitrogens with zero attached hydrogens (tertiary/aromatic N) is 1. The molecular weight excluding hydrogens is 243 g/mol. The molecule has 0 fully saturated rings. The minimum absolute atomic E-state index is 0.185. The number of hydrogen-bond acceptors (Lipinski definition) is 3. The summed E-state index contributed by atoms with van der Waals surface area (Å²) in [5.41, 5.74) is 1.99. The Morgan fingerprint density at radius 2 is 2.05 bits per heavy atom. The lowest BCUT2D eigenvalue weighted by Crippen LogP contribution is -2.03. The Hall–Kier alpha value is -2.54. The smallest absolute Gasteiger partial charge is 0.129 e. The first-order valence-corrected chi connectivity index (χ1v) is 5.83. The maximum Gasteiger partial charge on any atom is 0.129 e. The van der Waals surface area contributed by atoms with Crippen LogP contribution in [0.4, 0.5) is 10.1 Å². The normalized spacial score (nSPS) is 9.95. The monoisotopic (exact) mass is 256 g/mol. The van der Waals surface area contributed by atoms with E-state index in [1.807, 2.05) is 12.1 Å². The number of aromatic hydroxyl groups is 1. The molecule has 0 unspecified atom stereocenters. The summed E-state index contributed by atoms with van der Waals surface area (Å²) in [5.74, 6) is -0.233. The van der Waals surface area contributed by atoms with Crippen molar-refractivity contribution in [1.82, 2.24) is 0 Å². The number of halogens is 1. The third-order valence-electron chi connectivity index (χ3n) is 2.93. The zero-order valence-corrected chi connectivity index (χ0v) is 10.4. The van der Waals surface area contributed by atoms with Crippen molar-refractivity contribution < 1.29 is 9.50 Å². The van der Waals surface area contributed by atoms with Gasteiger partial charge in [-0.25, -0.2) is 4.39 Å². The molecule has 0 heterocycles. The molecule has 0 spiro atoms. The van der Waals surface area contributed by atoms with Gasteiger partial charge in [0.1, 0.15) is 11.6 Å². The lowest BCUT2D eigenvalue weighted by atomic mass is 10.1. The highest BCUT2D eigenvalue weighted by molar-refractivity contribution is 5.56. The number of hydrogen-bond donors (Lipinski definition) is 2. The zero-order valence-electron chi connectivity index (χ0n) is 10.4. The average molecular weight is 256 g/mol. The summed E-state index contributed by atoms with van der Waals surface area (Å²) >= 11 is 0. The molecule has 96 valence electrons. The molecule has 0 radical (unpaired) electrons. The Balaban J connectivity index is 2.23. The van der Waals surface area contributed by atoms with Gasteiger partial charge in [-0.2, -0.15) is 5.26 Å². The second-order valence-electron chi connectivity index (χ2n) is 4.22. The van der Waals surface area contributed by atoms with E-state index in [0.29, 0.717) is 23.4 Å². The van der Waals surface area contributed by atoms with Crippen molar-refractivity contribution in [1.29, 1.82) is 5.26 Å². The minimum Gasteiger partial charge on any atom is -0.508 e. The van der Waals surface area contributed by atoms with Crippen LogP contribution in [0.3, 0.4) is 0 Å². The van der Waals surface area contributed by atoms with Gasteiger partial charge >= 0.3 is 0 Å². The molecular formula is C15H13FN2O. The van der Waals surface area contributed by atoms with Crippen molar-refractivity contribution in [2.24, 2.45) is 0 Å². The van der Waals surface area contributed by atoms with Crippen LogP contribution >= 0.6 is 0 Å². The van der Waals surface area contributed by atoms with Gasteiger partial charge in [-0.15, -0.1) is 0 Å². The van der Waals surface area contributed by atoms with Crippen LogP contribution in [0.1, 0.15) is 16.7 Å². The first-order chi connectivity index (χ1) is 9.11. The van der Waals surface area contributed by atoms with Crippen molar-refractivity contribution in [3.05, 3.63) is 58.9 Å². The SMILES string of the molecule is Cc1c(F)cc(C#N)cc1NCc1ccccc1O. The lowest BCUT2D eigenvalue weighted by molar-refractivity contribution is 0.469. The molecule has 2 N–H and O–H groups in total. The molecule has 0 bridgehead atoms. The molecule has 2 aromatic carbocycles. The topological polar surface area (TPSA) is 56.0 Å². The molecule has 0 saturated carbocycles. The van der Waals surface area contributed by atoms with Gasteiger partial charge < -0.3 is 10.4 Å². The zero-order chi connectivity index (χ0) is 13.8. The van der Waals surface area contributed by atoms with Crippen molar-refractivity contribution >= 4 is 5.69 Å². The van der Waals surface area contributed by atoms with Crippen LogP contribution in [0.25, 0.3) is 0 Å². The van der Waals surface area contributed by atoms with E-state index in [-0.39, 0.29) is 11.3 Å². The summed E-state index contributed by atoms with van der Waals surface area (Å²) in [5, 5.41) is 21.5. The highest BCUT2D eigenvalue weighted by Gasteiger charge is 2.07. The molecule has 2 rings (SSSR count). The molecule has 0 aliphatic rings. The fraction of sp³-hybridized carbons (Fsp3) is 0.133. The quantitative estimate of drug-likeness (QED) is 0.885. The Morgan fingerprint density at radius 3 is 2.74 bits per heavy atom. The van der Waals surface area contributed by atoms with E-state index in [0.717, 1.165) is 0 Å². The Morgan fingerprint density at radius 1 is 1.32 bits per heavy atom. The molecule has 0 aromatic heterocycles. The second-order valence-corrected chi connectivity index (χ2v) is 4.22. The highest BCUT2D eigenvalue weighted by Crippen LogP contribution is 2.23. The van der Waals surface area contributed by atoms with Crippen LogP contribution in [0.15, 0.2) is 36.4 Å². The number of para-hydroxylation sites is 1. The third kappa shape index (κ3) is 2.83. The van der Waals surface area contributed by atoms with E-state index in [9.17, 15) is 9.50 Å². The van der Waals surface area contributed by atoms with Gasteiger partial charge in [0.25, 0.3) is 0 Å². The minimum atomic E-state index is -0.418. The molecule has 2 aromatic rings. The predicted molar refractivity (Wildman–Crippen MR) is 71.3 cm³/mol. The van der Waals surface area contributed by atoms with Crippen molar-refractivity contribution in [2.45, 2.75) is 13.5 Å². The Bertz CT molecular complexity index is 647. The van der Waals surface area contributed by atoms with Crippen LogP contribution in [-0.4, -0.2) is 5.11 Å². The van der Waals surface area contributed by atoms with Crippen LogP contribution in [-0.2, 0) is 6.54 Å². The van der Waals surface area contributed by atoms with Gasteiger partial charge in [-0.05, 0) is 25.1 Å². The van der Waals surface area contributed by atoms with Crippen LogP contribution in [0.2, 0.25) is 0 Å². The highest BCUT2D eigenvalue weighted by atomic mass is 19.1. The summed E-state index contributed by atoms with van der Waals surface area (Å²) in [6, 6.07) is 11.6. The summed E-state index contributed by atoms with van der Waals surface area (Å²) in [7, 11) is 0. The van der Waals surface area contributed by atoms with Crippen LogP contribution < -0.4 is 5.32 Å². The molecule has 4 heteroatoms. The molecule has 19 heavy (non-hydrogen) atoms. The molecule has 0 atom stereocenters. The number of nitriles is 1. The largest absolute Gasteiger partial charge is 0.508 e. The molecule has 0 aliphatic heterocycles. The van der Waals surface area contributed by atoms with Gasteiger partial charge in [0, 0.05) is 23.4 Å². The maximum absolute atomic E-state index is 13.6. The molecule has 0 saturated heterocycles. The van der Waals surface area contributed by atoms with Gasteiger partial charge in [0.05, 0.1) is 11.6 Å². The Labute approximate surface area is 110 Å². The maximum atomic E-state index is 13.6. The standard InChI is InChI=1S/C15H13FN2O/c1-10-13(16)6-11(8-17)7-14(10)18-9-12-4-2-3-5-15(12)19/h2-7,18-19H,9H2,1H3.